The number of nitrogens with zero attached hydrogens (tertiary/aromatic N) is 1. The highest BCUT2D eigenvalue weighted by Crippen LogP contribution is 2.29. The Morgan fingerprint density at radius 1 is 0.926 bits per heavy atom. The van der Waals surface area contributed by atoms with Crippen molar-refractivity contribution in [1.82, 2.24) is 0 Å². The normalized spacial score (nSPS) is 18.4. The molecule has 27 heavy (non-hydrogen) atoms. The van der Waals surface area contributed by atoms with Gasteiger partial charge in [0.2, 0.25) is 0 Å². The fraction of sp³-hybridized carbons (Fsp3) is 0.739. The molecule has 0 radical (unpaired) electrons. The monoisotopic (exact) mass is 414 g/mol. The third kappa shape index (κ3) is 9.17. The number of benzene rings is 1. The lowest BCUT2D eigenvalue weighted by Gasteiger charge is -2.35. The quantitative estimate of drug-likeness (QED) is 0.167. The summed E-state index contributed by atoms with van der Waals surface area (Å²) in [6, 6.07) is 5.81. The lowest BCUT2D eigenvalue weighted by atomic mass is 10.1. The number of ether oxygens (including phenoxy) is 1. The maximum absolute atomic E-state index is 6.43. The van der Waals surface area contributed by atoms with E-state index in [2.05, 4.69) is 14.0 Å². The second-order valence-electron chi connectivity index (χ2n) is 8.52. The molecule has 1 aliphatic heterocycles. The lowest BCUT2D eigenvalue weighted by molar-refractivity contribution is -0.923. The van der Waals surface area contributed by atoms with Crippen molar-refractivity contribution in [3.63, 3.8) is 0 Å². The van der Waals surface area contributed by atoms with Crippen LogP contribution >= 0.6 is 23.2 Å². The van der Waals surface area contributed by atoms with Gasteiger partial charge in [0.1, 0.15) is 19.2 Å². The van der Waals surface area contributed by atoms with Gasteiger partial charge in [0, 0.05) is 5.56 Å². The second-order valence-corrected chi connectivity index (χ2v) is 9.34. The van der Waals surface area contributed by atoms with Gasteiger partial charge in [-0.2, -0.15) is 0 Å². The van der Waals surface area contributed by atoms with Crippen LogP contribution in [0.5, 0.6) is 0 Å². The maximum atomic E-state index is 6.43. The Labute approximate surface area is 176 Å². The van der Waals surface area contributed by atoms with Gasteiger partial charge in [-0.25, -0.2) is 0 Å². The SMILES string of the molecule is CCCCCCCCCCCC[N+](C)(Cc1c(Cl)cccc1Cl)CC1CO1. The van der Waals surface area contributed by atoms with E-state index in [9.17, 15) is 0 Å². The van der Waals surface area contributed by atoms with E-state index in [4.69, 9.17) is 27.9 Å². The number of quaternary nitrogens is 1. The summed E-state index contributed by atoms with van der Waals surface area (Å²) in [5.74, 6) is 0. The van der Waals surface area contributed by atoms with E-state index in [-0.39, 0.29) is 0 Å². The number of hydrogen-bond donors (Lipinski definition) is 0. The highest BCUT2D eigenvalue weighted by Gasteiger charge is 2.34. The standard InChI is InChI=1S/C23H38Cl2NO/c1-3-4-5-6-7-8-9-10-11-12-16-26(2,17-20-19-27-20)18-21-22(24)14-13-15-23(21)25/h13-15,20H,3-12,16-19H2,1-2H3/q+1. The molecule has 4 heteroatoms. The molecule has 2 unspecified atom stereocenters. The van der Waals surface area contributed by atoms with Crippen molar-refractivity contribution in [3.05, 3.63) is 33.8 Å². The number of halogens is 2. The summed E-state index contributed by atoms with van der Waals surface area (Å²) in [6.45, 7) is 6.29. The number of rotatable bonds is 15. The van der Waals surface area contributed by atoms with Gasteiger partial charge in [-0.1, -0.05) is 87.6 Å². The molecule has 1 aromatic rings. The predicted octanol–water partition coefficient (Wildman–Crippen LogP) is 7.26. The summed E-state index contributed by atoms with van der Waals surface area (Å²) in [7, 11) is 2.33. The zero-order chi connectivity index (χ0) is 19.5. The number of hydrogen-bond acceptors (Lipinski definition) is 1. The van der Waals surface area contributed by atoms with Crippen LogP contribution in [0.3, 0.4) is 0 Å². The van der Waals surface area contributed by atoms with Crippen LogP contribution in [0.25, 0.3) is 0 Å². The smallest absolute Gasteiger partial charge is 0.130 e. The number of likely N-dealkylation sites (N-methyl/N-ethyl adjacent to an activating group) is 1. The minimum atomic E-state index is 0.416. The highest BCUT2D eigenvalue weighted by molar-refractivity contribution is 6.35. The van der Waals surface area contributed by atoms with E-state index in [0.717, 1.165) is 46.3 Å². The van der Waals surface area contributed by atoms with Crippen molar-refractivity contribution in [2.75, 3.05) is 26.7 Å². The van der Waals surface area contributed by atoms with Gasteiger partial charge in [-0.05, 0) is 25.0 Å². The third-order valence-electron chi connectivity index (χ3n) is 5.70. The van der Waals surface area contributed by atoms with Crippen LogP contribution in [0.4, 0.5) is 0 Å². The molecule has 0 amide bonds. The zero-order valence-corrected chi connectivity index (χ0v) is 18.8. The summed E-state index contributed by atoms with van der Waals surface area (Å²) >= 11 is 12.9. The van der Waals surface area contributed by atoms with Crippen LogP contribution in [0, 0.1) is 0 Å². The molecule has 1 fully saturated rings. The molecule has 1 aromatic carbocycles. The highest BCUT2D eigenvalue weighted by atomic mass is 35.5. The van der Waals surface area contributed by atoms with Crippen LogP contribution in [0.1, 0.15) is 76.7 Å². The first kappa shape index (κ1) is 23.0. The van der Waals surface area contributed by atoms with E-state index in [0.29, 0.717) is 6.10 Å². The summed E-state index contributed by atoms with van der Waals surface area (Å²) < 4.78 is 6.48. The molecule has 0 aliphatic carbocycles. The molecule has 0 bridgehead atoms. The Bertz CT molecular complexity index is 527. The molecule has 2 atom stereocenters. The van der Waals surface area contributed by atoms with Crippen molar-refractivity contribution in [1.29, 1.82) is 0 Å². The van der Waals surface area contributed by atoms with Gasteiger partial charge in [0.25, 0.3) is 0 Å². The fourth-order valence-corrected chi connectivity index (χ4v) is 4.46. The third-order valence-corrected chi connectivity index (χ3v) is 6.41. The molecule has 0 N–H and O–H groups in total. The van der Waals surface area contributed by atoms with Gasteiger partial charge in [-0.3, -0.25) is 0 Å². The Hall–Kier alpha value is -0.280. The van der Waals surface area contributed by atoms with Gasteiger partial charge in [0.05, 0.1) is 30.2 Å². The van der Waals surface area contributed by atoms with Crippen LogP contribution in [0.15, 0.2) is 18.2 Å². The van der Waals surface area contributed by atoms with Crippen molar-refractivity contribution in [2.24, 2.45) is 0 Å². The average Bonchev–Trinajstić information content (AvgIpc) is 3.44. The van der Waals surface area contributed by atoms with Crippen LogP contribution in [-0.4, -0.2) is 37.3 Å². The van der Waals surface area contributed by atoms with E-state index >= 15 is 0 Å². The Balaban J connectivity index is 1.71. The number of epoxide rings is 1. The molecule has 1 saturated heterocycles. The van der Waals surface area contributed by atoms with Gasteiger partial charge in [0.15, 0.2) is 0 Å². The molecule has 2 nitrogen and oxygen atoms in total. The molecule has 0 aromatic heterocycles. The predicted molar refractivity (Wildman–Crippen MR) is 118 cm³/mol. The van der Waals surface area contributed by atoms with Crippen molar-refractivity contribution in [3.8, 4) is 0 Å². The lowest BCUT2D eigenvalue weighted by Crippen LogP contribution is -2.46. The van der Waals surface area contributed by atoms with Crippen molar-refractivity contribution < 1.29 is 9.22 Å². The van der Waals surface area contributed by atoms with Gasteiger partial charge < -0.3 is 9.22 Å². The Morgan fingerprint density at radius 3 is 1.96 bits per heavy atom. The summed E-state index contributed by atoms with van der Waals surface area (Å²) in [4.78, 5) is 0. The number of unbranched alkanes of at least 4 members (excludes halogenated alkanes) is 9. The first-order valence-corrected chi connectivity index (χ1v) is 11.7. The van der Waals surface area contributed by atoms with Gasteiger partial charge >= 0.3 is 0 Å². The zero-order valence-electron chi connectivity index (χ0n) is 17.3. The van der Waals surface area contributed by atoms with Crippen LogP contribution in [0.2, 0.25) is 10.0 Å². The second kappa shape index (κ2) is 12.3. The average molecular weight is 415 g/mol. The largest absolute Gasteiger partial charge is 0.367 e. The molecule has 2 rings (SSSR count). The molecule has 1 aliphatic rings. The van der Waals surface area contributed by atoms with Crippen LogP contribution in [-0.2, 0) is 11.3 Å². The minimum Gasteiger partial charge on any atom is -0.367 e. The van der Waals surface area contributed by atoms with Crippen LogP contribution < -0.4 is 0 Å². The Morgan fingerprint density at radius 2 is 1.44 bits per heavy atom. The molecular weight excluding hydrogens is 377 g/mol. The van der Waals surface area contributed by atoms with Gasteiger partial charge in [-0.15, -0.1) is 0 Å². The van der Waals surface area contributed by atoms with E-state index in [1.165, 1.54) is 64.2 Å². The first-order valence-electron chi connectivity index (χ1n) is 10.9. The minimum absolute atomic E-state index is 0.416. The van der Waals surface area contributed by atoms with Crippen molar-refractivity contribution in [2.45, 2.75) is 83.8 Å². The van der Waals surface area contributed by atoms with E-state index in [1.54, 1.807) is 0 Å². The van der Waals surface area contributed by atoms with Crippen molar-refractivity contribution >= 4 is 23.2 Å². The summed E-state index contributed by atoms with van der Waals surface area (Å²) in [5.41, 5.74) is 1.08. The summed E-state index contributed by atoms with van der Waals surface area (Å²) in [6.07, 6.45) is 14.1. The molecule has 1 heterocycles. The maximum Gasteiger partial charge on any atom is 0.130 e. The molecular formula is C23H38Cl2NO+. The van der Waals surface area contributed by atoms with E-state index in [1.807, 2.05) is 18.2 Å². The fourth-order valence-electron chi connectivity index (χ4n) is 3.95. The topological polar surface area (TPSA) is 12.5 Å². The first-order chi connectivity index (χ1) is 13.0. The van der Waals surface area contributed by atoms with E-state index < -0.39 is 0 Å². The molecule has 154 valence electrons. The summed E-state index contributed by atoms with van der Waals surface area (Å²) in [5, 5.41) is 1.57. The molecule has 0 spiro atoms. The molecule has 0 saturated carbocycles. The Kier molecular flexibility index (Phi) is 10.5.